The molecule has 9 rings (SSSR count). The first-order valence-electron chi connectivity index (χ1n) is 28.3. The first-order valence-corrected chi connectivity index (χ1v) is 28.3. The molecular formula is C61H75N9O7. The maximum absolute atomic E-state index is 13.2. The summed E-state index contributed by atoms with van der Waals surface area (Å²) in [6, 6.07) is 17.6. The quantitative estimate of drug-likeness (QED) is 0.0393. The lowest BCUT2D eigenvalue weighted by atomic mass is 10.1. The van der Waals surface area contributed by atoms with Crippen LogP contribution in [0.4, 0.5) is 5.69 Å². The van der Waals surface area contributed by atoms with Crippen molar-refractivity contribution < 1.29 is 33.2 Å². The van der Waals surface area contributed by atoms with E-state index in [2.05, 4.69) is 63.8 Å². The lowest BCUT2D eigenvalue weighted by Crippen LogP contribution is -2.10. The van der Waals surface area contributed by atoms with Gasteiger partial charge in [0.15, 0.2) is 57.8 Å². The number of hydrogen-bond donors (Lipinski definition) is 3. The zero-order valence-corrected chi connectivity index (χ0v) is 46.1. The van der Waals surface area contributed by atoms with Crippen LogP contribution in [0, 0.1) is 0 Å². The first kappa shape index (κ1) is 54.3. The lowest BCUT2D eigenvalue weighted by Gasteiger charge is -2.14. The molecule has 1 amide bonds. The minimum absolute atomic E-state index is 0.0587. The highest BCUT2D eigenvalue weighted by Gasteiger charge is 2.27. The maximum atomic E-state index is 13.2. The summed E-state index contributed by atoms with van der Waals surface area (Å²) >= 11 is 0. The molecule has 16 heteroatoms. The molecule has 406 valence electrons. The number of rotatable bonds is 28. The Bertz CT molecular complexity index is 3370. The summed E-state index contributed by atoms with van der Waals surface area (Å²) in [4.78, 5) is 52.3. The summed E-state index contributed by atoms with van der Waals surface area (Å²) in [5.74, 6) is 5.24. The Balaban J connectivity index is 1.39. The number of benzene rings is 4. The van der Waals surface area contributed by atoms with Crippen LogP contribution in [0.15, 0.2) is 54.6 Å². The second-order valence-corrected chi connectivity index (χ2v) is 19.8. The Morgan fingerprint density at radius 1 is 0.377 bits per heavy atom. The van der Waals surface area contributed by atoms with E-state index in [1.165, 1.54) is 0 Å². The van der Waals surface area contributed by atoms with Gasteiger partial charge in [0.25, 0.3) is 0 Å². The highest BCUT2D eigenvalue weighted by Crippen LogP contribution is 2.45. The standard InChI is InChI=1S/C61H75N9O7/c1-8-15-22-53(71)62-38-23-24-39-40(31-38)55-63-54(39)64-56-41-32-47(72-25-16-9-2)48(73-26-17-10-3)33-42(41)58(66-56)68-60-45-36-51(76-29-20-13-6)52(77-30-21-14-7)37-46(45)61(70-60)69-59-44-35-50(75-28-19-12-5)49(74-27-18-11-4)34-43(44)57(65-55)67-59/h23-24,31-37H,8-22,25-30H2,1-7H3,(H,62,71)(H2,63,64,65,66,67,68,69,70). The van der Waals surface area contributed by atoms with E-state index in [1.54, 1.807) is 0 Å². The number of amides is 1. The molecule has 2 aliphatic rings. The van der Waals surface area contributed by atoms with Crippen molar-refractivity contribution in [2.75, 3.05) is 45.0 Å². The van der Waals surface area contributed by atoms with Crippen LogP contribution in [0.25, 0.3) is 89.7 Å². The number of nitrogens with one attached hydrogen (secondary N) is 3. The number of anilines is 1. The fraction of sp³-hybridized carbons (Fsp3) is 0.459. The normalized spacial score (nSPS) is 11.7. The van der Waals surface area contributed by atoms with Crippen LogP contribution in [-0.2, 0) is 4.79 Å². The topological polar surface area (TPSA) is 193 Å². The summed E-state index contributed by atoms with van der Waals surface area (Å²) in [6.07, 6.45) is 13.2. The molecule has 0 saturated heterocycles. The summed E-state index contributed by atoms with van der Waals surface area (Å²) in [5.41, 5.74) is 5.50. The number of carbonyl (C=O) groups is 1. The predicted molar refractivity (Wildman–Crippen MR) is 307 cm³/mol. The summed E-state index contributed by atoms with van der Waals surface area (Å²) in [7, 11) is 0. The Labute approximate surface area is 451 Å². The van der Waals surface area contributed by atoms with E-state index in [0.717, 1.165) is 123 Å². The van der Waals surface area contributed by atoms with E-state index in [4.69, 9.17) is 58.3 Å². The maximum Gasteiger partial charge on any atom is 0.224 e. The number of hydrogen-bond acceptors (Lipinski definition) is 13. The number of unbranched alkanes of at least 4 members (excludes halogenated alkanes) is 7. The molecule has 8 bridgehead atoms. The minimum atomic E-state index is -0.0587. The molecule has 5 heterocycles. The van der Waals surface area contributed by atoms with Crippen molar-refractivity contribution in [3.63, 3.8) is 0 Å². The monoisotopic (exact) mass is 1050 g/mol. The molecule has 0 fully saturated rings. The Morgan fingerprint density at radius 3 is 1.00 bits per heavy atom. The molecule has 0 atom stereocenters. The van der Waals surface area contributed by atoms with Gasteiger partial charge in [-0.2, -0.15) is 0 Å². The number of fused-ring (bicyclic) bond motifs is 20. The summed E-state index contributed by atoms with van der Waals surface area (Å²) in [5, 5.41) is 6.10. The molecule has 0 radical (unpaired) electrons. The fourth-order valence-electron chi connectivity index (χ4n) is 9.08. The SMILES string of the molecule is CCCCOc1cc2c(cc1OCCCC)-c1nc-2nc2[nH]c(nc3nc(nc4[nH]c(n1)c1cc(OCCCC)c(OCCCC)cc41)-c1cc(OCCCC)c(OCCCC)cc1-3)c1cc(NC(=O)CCCC)ccc21. The molecule has 0 saturated carbocycles. The van der Waals surface area contributed by atoms with Gasteiger partial charge in [0.1, 0.15) is 22.6 Å². The molecule has 7 aromatic rings. The number of H-pyrrole nitrogens is 2. The minimum Gasteiger partial charge on any atom is -0.490 e. The van der Waals surface area contributed by atoms with Gasteiger partial charge in [0.2, 0.25) is 5.91 Å². The van der Waals surface area contributed by atoms with Gasteiger partial charge in [-0.25, -0.2) is 29.9 Å². The van der Waals surface area contributed by atoms with Crippen LogP contribution in [0.1, 0.15) is 145 Å². The zero-order valence-electron chi connectivity index (χ0n) is 46.1. The molecule has 2 aliphatic heterocycles. The second kappa shape index (κ2) is 26.0. The smallest absolute Gasteiger partial charge is 0.224 e. The Morgan fingerprint density at radius 2 is 0.675 bits per heavy atom. The van der Waals surface area contributed by atoms with Crippen LogP contribution >= 0.6 is 0 Å². The Hall–Kier alpha value is -7.49. The number of nitrogens with zero attached hydrogens (tertiary/aromatic N) is 6. The third-order valence-electron chi connectivity index (χ3n) is 13.6. The highest BCUT2D eigenvalue weighted by atomic mass is 16.5. The van der Waals surface area contributed by atoms with Crippen molar-refractivity contribution in [3.05, 3.63) is 54.6 Å². The molecule has 4 aromatic carbocycles. The molecule has 0 aliphatic carbocycles. The highest BCUT2D eigenvalue weighted by molar-refractivity contribution is 6.08. The van der Waals surface area contributed by atoms with Gasteiger partial charge in [0, 0.05) is 55.9 Å². The van der Waals surface area contributed by atoms with Crippen molar-refractivity contribution >= 4 is 55.7 Å². The molecule has 3 aromatic heterocycles. The van der Waals surface area contributed by atoms with Crippen molar-refractivity contribution in [2.45, 2.75) is 145 Å². The fourth-order valence-corrected chi connectivity index (χ4v) is 9.08. The molecule has 16 nitrogen and oxygen atoms in total. The molecule has 0 unspecified atom stereocenters. The van der Waals surface area contributed by atoms with Crippen LogP contribution in [0.3, 0.4) is 0 Å². The van der Waals surface area contributed by atoms with E-state index in [-0.39, 0.29) is 5.91 Å². The molecule has 0 spiro atoms. The van der Waals surface area contributed by atoms with E-state index >= 15 is 0 Å². The third kappa shape index (κ3) is 12.5. The van der Waals surface area contributed by atoms with Gasteiger partial charge in [-0.05, 0) is 99.5 Å². The van der Waals surface area contributed by atoms with Gasteiger partial charge in [-0.3, -0.25) is 4.79 Å². The second-order valence-electron chi connectivity index (χ2n) is 19.8. The number of ether oxygens (including phenoxy) is 6. The summed E-state index contributed by atoms with van der Waals surface area (Å²) < 4.78 is 38.9. The van der Waals surface area contributed by atoms with Gasteiger partial charge >= 0.3 is 0 Å². The van der Waals surface area contributed by atoms with Gasteiger partial charge < -0.3 is 43.7 Å². The average molecular weight is 1050 g/mol. The van der Waals surface area contributed by atoms with Crippen molar-refractivity contribution in [3.8, 4) is 80.0 Å². The van der Waals surface area contributed by atoms with E-state index in [0.29, 0.717) is 143 Å². The van der Waals surface area contributed by atoms with E-state index in [9.17, 15) is 4.79 Å². The van der Waals surface area contributed by atoms with Crippen LogP contribution in [0.5, 0.6) is 34.5 Å². The van der Waals surface area contributed by atoms with Crippen molar-refractivity contribution in [1.82, 2.24) is 39.9 Å². The number of carbonyl (C=O) groups excluding carboxylic acids is 1. The predicted octanol–water partition coefficient (Wildman–Crippen LogP) is 15.1. The van der Waals surface area contributed by atoms with Crippen LogP contribution in [0.2, 0.25) is 0 Å². The van der Waals surface area contributed by atoms with Crippen LogP contribution in [-0.4, -0.2) is 85.4 Å². The van der Waals surface area contributed by atoms with Crippen LogP contribution < -0.4 is 33.7 Å². The van der Waals surface area contributed by atoms with Gasteiger partial charge in [0.05, 0.1) is 39.6 Å². The molecule has 77 heavy (non-hydrogen) atoms. The molecule has 3 N–H and O–H groups in total. The van der Waals surface area contributed by atoms with Gasteiger partial charge in [-0.1, -0.05) is 93.4 Å². The van der Waals surface area contributed by atoms with Crippen molar-refractivity contribution in [2.24, 2.45) is 0 Å². The van der Waals surface area contributed by atoms with E-state index < -0.39 is 0 Å². The summed E-state index contributed by atoms with van der Waals surface area (Å²) in [6.45, 7) is 18.0. The average Bonchev–Trinajstić information content (AvgIpc) is 4.19. The Kier molecular flexibility index (Phi) is 18.4. The van der Waals surface area contributed by atoms with Crippen molar-refractivity contribution in [1.29, 1.82) is 0 Å². The first-order chi connectivity index (χ1) is 37.8. The van der Waals surface area contributed by atoms with Gasteiger partial charge in [-0.15, -0.1) is 0 Å². The molecular weight excluding hydrogens is 971 g/mol. The number of aromatic nitrogens is 8. The number of aromatic amines is 2. The lowest BCUT2D eigenvalue weighted by molar-refractivity contribution is -0.116. The zero-order chi connectivity index (χ0) is 53.7. The third-order valence-corrected chi connectivity index (χ3v) is 13.6. The van der Waals surface area contributed by atoms with E-state index in [1.807, 2.05) is 54.6 Å². The largest absolute Gasteiger partial charge is 0.490 e.